The minimum absolute atomic E-state index is 0.0550. The molecule has 104 valence electrons. The molecule has 2 fully saturated rings. The van der Waals surface area contributed by atoms with Crippen molar-refractivity contribution in [2.75, 3.05) is 26.2 Å². The van der Waals surface area contributed by atoms with Crippen LogP contribution in [0.5, 0.6) is 0 Å². The normalized spacial score (nSPS) is 28.3. The van der Waals surface area contributed by atoms with Gasteiger partial charge in [-0.05, 0) is 44.0 Å². The molecule has 19 heavy (non-hydrogen) atoms. The van der Waals surface area contributed by atoms with Crippen molar-refractivity contribution in [3.05, 3.63) is 24.2 Å². The molecule has 2 saturated heterocycles. The van der Waals surface area contributed by atoms with Crippen molar-refractivity contribution in [3.8, 4) is 0 Å². The van der Waals surface area contributed by atoms with E-state index in [0.29, 0.717) is 6.54 Å². The molecule has 3 atom stereocenters. The maximum atomic E-state index is 12.1. The Labute approximate surface area is 113 Å². The van der Waals surface area contributed by atoms with Gasteiger partial charge >= 0.3 is 0 Å². The molecule has 3 unspecified atom stereocenters. The number of hydrogen-bond acceptors (Lipinski definition) is 4. The fraction of sp³-hybridized carbons (Fsp3) is 0.643. The van der Waals surface area contributed by atoms with Crippen LogP contribution < -0.4 is 10.6 Å². The quantitative estimate of drug-likeness (QED) is 0.827. The summed E-state index contributed by atoms with van der Waals surface area (Å²) < 4.78 is 5.21. The number of amides is 1. The molecule has 2 aliphatic heterocycles. The van der Waals surface area contributed by atoms with Gasteiger partial charge in [0.1, 0.15) is 5.76 Å². The molecule has 2 aliphatic rings. The summed E-state index contributed by atoms with van der Waals surface area (Å²) in [6.07, 6.45) is 1.62. The Morgan fingerprint density at radius 3 is 2.89 bits per heavy atom. The molecule has 1 aromatic heterocycles. The summed E-state index contributed by atoms with van der Waals surface area (Å²) in [6.45, 7) is 6.73. The smallest absolute Gasteiger partial charge is 0.237 e. The average Bonchev–Trinajstić information content (AvgIpc) is 3.10. The predicted molar refractivity (Wildman–Crippen MR) is 71.4 cm³/mol. The summed E-state index contributed by atoms with van der Waals surface area (Å²) in [5.74, 6) is 2.33. The molecular formula is C14H21N3O2. The van der Waals surface area contributed by atoms with Crippen molar-refractivity contribution in [3.63, 3.8) is 0 Å². The van der Waals surface area contributed by atoms with Crippen molar-refractivity contribution in [2.45, 2.75) is 19.5 Å². The molecule has 5 nitrogen and oxygen atoms in total. The van der Waals surface area contributed by atoms with Crippen LogP contribution >= 0.6 is 0 Å². The first-order chi connectivity index (χ1) is 9.24. The van der Waals surface area contributed by atoms with Crippen molar-refractivity contribution in [1.29, 1.82) is 0 Å². The summed E-state index contributed by atoms with van der Waals surface area (Å²) in [6, 6.07) is 3.65. The number of hydrogen-bond donors (Lipinski definition) is 2. The van der Waals surface area contributed by atoms with Gasteiger partial charge in [0.05, 0.1) is 18.8 Å². The second-order valence-electron chi connectivity index (χ2n) is 5.61. The van der Waals surface area contributed by atoms with Crippen molar-refractivity contribution < 1.29 is 9.21 Å². The summed E-state index contributed by atoms with van der Waals surface area (Å²) in [5.41, 5.74) is 0. The second kappa shape index (κ2) is 5.35. The molecule has 1 aromatic rings. The predicted octanol–water partition coefficient (Wildman–Crippen LogP) is 0.436. The first-order valence-electron chi connectivity index (χ1n) is 6.99. The van der Waals surface area contributed by atoms with Gasteiger partial charge < -0.3 is 15.1 Å². The van der Waals surface area contributed by atoms with Gasteiger partial charge in [0.2, 0.25) is 5.91 Å². The molecule has 0 spiro atoms. The van der Waals surface area contributed by atoms with E-state index in [0.717, 1.165) is 43.8 Å². The van der Waals surface area contributed by atoms with Gasteiger partial charge in [0.25, 0.3) is 0 Å². The molecular weight excluding hydrogens is 242 g/mol. The van der Waals surface area contributed by atoms with Gasteiger partial charge in [-0.15, -0.1) is 0 Å². The lowest BCUT2D eigenvalue weighted by molar-refractivity contribution is -0.125. The summed E-state index contributed by atoms with van der Waals surface area (Å²) in [7, 11) is 0. The van der Waals surface area contributed by atoms with E-state index >= 15 is 0 Å². The van der Waals surface area contributed by atoms with Gasteiger partial charge in [-0.3, -0.25) is 9.69 Å². The average molecular weight is 263 g/mol. The number of furan rings is 1. The standard InChI is InChI=1S/C14H21N3O2/c1-10(14(18)16-7-13-3-2-4-19-13)17-8-11-5-15-6-12(11)9-17/h2-4,10-12,15H,5-9H2,1H3,(H,16,18). The summed E-state index contributed by atoms with van der Waals surface area (Å²) in [5, 5.41) is 6.35. The van der Waals surface area contributed by atoms with E-state index in [1.165, 1.54) is 0 Å². The molecule has 1 amide bonds. The number of likely N-dealkylation sites (tertiary alicyclic amines) is 1. The van der Waals surface area contributed by atoms with Crippen molar-refractivity contribution >= 4 is 5.91 Å². The van der Waals surface area contributed by atoms with Crippen LogP contribution in [0, 0.1) is 11.8 Å². The Hall–Kier alpha value is -1.33. The summed E-state index contributed by atoms with van der Waals surface area (Å²) >= 11 is 0. The van der Waals surface area contributed by atoms with Gasteiger partial charge in [0.15, 0.2) is 0 Å². The van der Waals surface area contributed by atoms with Gasteiger partial charge in [-0.2, -0.15) is 0 Å². The Bertz CT molecular complexity index is 420. The lowest BCUT2D eigenvalue weighted by Gasteiger charge is -2.24. The Kier molecular flexibility index (Phi) is 3.57. The molecule has 0 radical (unpaired) electrons. The number of fused-ring (bicyclic) bond motifs is 1. The number of carbonyl (C=O) groups excluding carboxylic acids is 1. The van der Waals surface area contributed by atoms with Crippen molar-refractivity contribution in [2.24, 2.45) is 11.8 Å². The highest BCUT2D eigenvalue weighted by Crippen LogP contribution is 2.27. The monoisotopic (exact) mass is 263 g/mol. The molecule has 0 aromatic carbocycles. The third-order valence-electron chi connectivity index (χ3n) is 4.36. The van der Waals surface area contributed by atoms with E-state index in [1.54, 1.807) is 6.26 Å². The molecule has 3 heterocycles. The molecule has 0 bridgehead atoms. The first-order valence-corrected chi connectivity index (χ1v) is 6.99. The van der Waals surface area contributed by atoms with E-state index in [-0.39, 0.29) is 11.9 Å². The van der Waals surface area contributed by atoms with Gasteiger partial charge in [-0.25, -0.2) is 0 Å². The lowest BCUT2D eigenvalue weighted by Crippen LogP contribution is -2.44. The van der Waals surface area contributed by atoms with Crippen LogP contribution in [0.15, 0.2) is 22.8 Å². The van der Waals surface area contributed by atoms with Crippen LogP contribution in [-0.4, -0.2) is 43.0 Å². The fourth-order valence-electron chi connectivity index (χ4n) is 3.11. The highest BCUT2D eigenvalue weighted by Gasteiger charge is 2.39. The highest BCUT2D eigenvalue weighted by molar-refractivity contribution is 5.81. The van der Waals surface area contributed by atoms with Gasteiger partial charge in [0, 0.05) is 13.1 Å². The summed E-state index contributed by atoms with van der Waals surface area (Å²) in [4.78, 5) is 14.4. The van der Waals surface area contributed by atoms with E-state index in [9.17, 15) is 4.79 Å². The lowest BCUT2D eigenvalue weighted by atomic mass is 10.0. The fourth-order valence-corrected chi connectivity index (χ4v) is 3.11. The zero-order valence-electron chi connectivity index (χ0n) is 11.3. The Morgan fingerprint density at radius 1 is 1.53 bits per heavy atom. The maximum Gasteiger partial charge on any atom is 0.237 e. The first kappa shape index (κ1) is 12.7. The molecule has 3 rings (SSSR count). The third-order valence-corrected chi connectivity index (χ3v) is 4.36. The van der Waals surface area contributed by atoms with Gasteiger partial charge in [-0.1, -0.05) is 0 Å². The highest BCUT2D eigenvalue weighted by atomic mass is 16.3. The minimum Gasteiger partial charge on any atom is -0.467 e. The van der Waals surface area contributed by atoms with Crippen molar-refractivity contribution in [1.82, 2.24) is 15.5 Å². The van der Waals surface area contributed by atoms with E-state index in [1.807, 2.05) is 19.1 Å². The molecule has 0 saturated carbocycles. The van der Waals surface area contributed by atoms with E-state index < -0.39 is 0 Å². The van der Waals surface area contributed by atoms with Crippen LogP contribution in [0.3, 0.4) is 0 Å². The SMILES string of the molecule is CC(C(=O)NCc1ccco1)N1CC2CNCC2C1. The zero-order valence-corrected chi connectivity index (χ0v) is 11.3. The van der Waals surface area contributed by atoms with Crippen LogP contribution in [0.2, 0.25) is 0 Å². The number of carbonyl (C=O) groups is 1. The van der Waals surface area contributed by atoms with Crippen LogP contribution in [0.25, 0.3) is 0 Å². The Balaban J connectivity index is 1.49. The molecule has 5 heteroatoms. The van der Waals surface area contributed by atoms with E-state index in [2.05, 4.69) is 15.5 Å². The van der Waals surface area contributed by atoms with Crippen LogP contribution in [0.4, 0.5) is 0 Å². The maximum absolute atomic E-state index is 12.1. The number of nitrogens with one attached hydrogen (secondary N) is 2. The van der Waals surface area contributed by atoms with Crippen LogP contribution in [-0.2, 0) is 11.3 Å². The molecule has 0 aliphatic carbocycles. The van der Waals surface area contributed by atoms with Crippen LogP contribution in [0.1, 0.15) is 12.7 Å². The largest absolute Gasteiger partial charge is 0.467 e. The third kappa shape index (κ3) is 2.67. The second-order valence-corrected chi connectivity index (χ2v) is 5.61. The topological polar surface area (TPSA) is 57.5 Å². The minimum atomic E-state index is -0.0550. The Morgan fingerprint density at radius 2 is 2.26 bits per heavy atom. The zero-order chi connectivity index (χ0) is 13.2. The van der Waals surface area contributed by atoms with E-state index in [4.69, 9.17) is 4.42 Å². The number of rotatable bonds is 4. The number of nitrogens with zero attached hydrogens (tertiary/aromatic N) is 1. The molecule has 2 N–H and O–H groups in total.